The van der Waals surface area contributed by atoms with E-state index in [-0.39, 0.29) is 6.07 Å². The Hall–Kier alpha value is -3.23. The van der Waals surface area contributed by atoms with Gasteiger partial charge in [0.1, 0.15) is 5.75 Å². The van der Waals surface area contributed by atoms with Crippen molar-refractivity contribution < 1.29 is 35.9 Å². The van der Waals surface area contributed by atoms with Gasteiger partial charge in [-0.25, -0.2) is 0 Å². The smallest absolute Gasteiger partial charge is 0.416 e. The lowest BCUT2D eigenvalue weighted by molar-refractivity contribution is -0.143. The molecular weight excluding hydrogens is 412 g/mol. The van der Waals surface area contributed by atoms with E-state index < -0.39 is 41.2 Å². The molecule has 30 heavy (non-hydrogen) atoms. The third kappa shape index (κ3) is 5.03. The molecule has 0 saturated carbocycles. The molecule has 3 aromatic rings. The third-order valence-corrected chi connectivity index (χ3v) is 4.26. The Morgan fingerprint density at radius 2 is 1.40 bits per heavy atom. The lowest BCUT2D eigenvalue weighted by atomic mass is 10.1. The highest BCUT2D eigenvalue weighted by Crippen LogP contribution is 2.37. The van der Waals surface area contributed by atoms with Crippen molar-refractivity contribution in [3.05, 3.63) is 71.8 Å². The fourth-order valence-corrected chi connectivity index (χ4v) is 2.77. The molecule has 158 valence electrons. The summed E-state index contributed by atoms with van der Waals surface area (Å²) in [4.78, 5) is 12.3. The molecule has 3 aromatic carbocycles. The second-order valence-electron chi connectivity index (χ2n) is 6.55. The molecule has 9 heteroatoms. The Kier molecular flexibility index (Phi) is 5.65. The minimum atomic E-state index is -5.01. The van der Waals surface area contributed by atoms with Gasteiger partial charge in [0.2, 0.25) is 0 Å². The molecule has 0 saturated heterocycles. The standard InChI is InChI=1S/C21H15F6NO2/c1-12(30-18-7-6-13-4-2-3-5-14(13)8-18)19(29)28-17-10-15(20(22,23)24)9-16(11-17)21(25,26)27/h2-12H,1H3,(H,28,29)/t12-/m1/s1. The van der Waals surface area contributed by atoms with E-state index in [0.717, 1.165) is 10.8 Å². The fourth-order valence-electron chi connectivity index (χ4n) is 2.77. The number of anilines is 1. The van der Waals surface area contributed by atoms with E-state index in [4.69, 9.17) is 4.74 Å². The molecule has 3 nitrogen and oxygen atoms in total. The molecule has 0 aromatic heterocycles. The lowest BCUT2D eigenvalue weighted by Crippen LogP contribution is -2.30. The van der Waals surface area contributed by atoms with Crippen molar-refractivity contribution in [1.82, 2.24) is 0 Å². The predicted octanol–water partition coefficient (Wildman–Crippen LogP) is 6.28. The molecule has 0 aliphatic carbocycles. The van der Waals surface area contributed by atoms with Gasteiger partial charge >= 0.3 is 12.4 Å². The van der Waals surface area contributed by atoms with Crippen LogP contribution in [0.5, 0.6) is 5.75 Å². The van der Waals surface area contributed by atoms with Crippen molar-refractivity contribution in [2.45, 2.75) is 25.4 Å². The van der Waals surface area contributed by atoms with Crippen LogP contribution in [0.3, 0.4) is 0 Å². The zero-order valence-corrected chi connectivity index (χ0v) is 15.4. The topological polar surface area (TPSA) is 38.3 Å². The first kappa shape index (κ1) is 21.5. The average molecular weight is 427 g/mol. The van der Waals surface area contributed by atoms with Crippen LogP contribution in [-0.2, 0) is 17.1 Å². The molecule has 0 radical (unpaired) electrons. The summed E-state index contributed by atoms with van der Waals surface area (Å²) in [6.45, 7) is 1.34. The Morgan fingerprint density at radius 1 is 0.833 bits per heavy atom. The highest BCUT2D eigenvalue weighted by atomic mass is 19.4. The van der Waals surface area contributed by atoms with Crippen LogP contribution in [0.25, 0.3) is 10.8 Å². The van der Waals surface area contributed by atoms with Crippen LogP contribution in [0, 0.1) is 0 Å². The molecular formula is C21H15F6NO2. The summed E-state index contributed by atoms with van der Waals surface area (Å²) in [7, 11) is 0. The van der Waals surface area contributed by atoms with Crippen molar-refractivity contribution in [2.24, 2.45) is 0 Å². The van der Waals surface area contributed by atoms with Crippen LogP contribution >= 0.6 is 0 Å². The first-order chi connectivity index (χ1) is 13.9. The van der Waals surface area contributed by atoms with Gasteiger partial charge in [-0.15, -0.1) is 0 Å². The fraction of sp³-hybridized carbons (Fsp3) is 0.190. The van der Waals surface area contributed by atoms with Crippen molar-refractivity contribution in [3.8, 4) is 5.75 Å². The van der Waals surface area contributed by atoms with E-state index >= 15 is 0 Å². The maximum absolute atomic E-state index is 12.9. The van der Waals surface area contributed by atoms with Crippen LogP contribution in [0.15, 0.2) is 60.7 Å². The normalized spacial score (nSPS) is 13.2. The molecule has 0 heterocycles. The highest BCUT2D eigenvalue weighted by molar-refractivity contribution is 5.94. The largest absolute Gasteiger partial charge is 0.481 e. The summed E-state index contributed by atoms with van der Waals surface area (Å²) in [6, 6.07) is 13.3. The molecule has 0 aliphatic heterocycles. The van der Waals surface area contributed by atoms with Crippen LogP contribution in [0.4, 0.5) is 32.0 Å². The van der Waals surface area contributed by atoms with Gasteiger partial charge in [-0.3, -0.25) is 4.79 Å². The maximum atomic E-state index is 12.9. The van der Waals surface area contributed by atoms with Gasteiger partial charge in [-0.1, -0.05) is 30.3 Å². The van der Waals surface area contributed by atoms with Gasteiger partial charge < -0.3 is 10.1 Å². The molecule has 3 rings (SSSR count). The number of carbonyl (C=O) groups is 1. The van der Waals surface area contributed by atoms with E-state index in [1.807, 2.05) is 24.3 Å². The monoisotopic (exact) mass is 427 g/mol. The Bertz CT molecular complexity index is 1040. The van der Waals surface area contributed by atoms with Gasteiger partial charge in [-0.05, 0) is 48.0 Å². The van der Waals surface area contributed by atoms with Crippen molar-refractivity contribution in [1.29, 1.82) is 0 Å². The number of benzene rings is 3. The number of rotatable bonds is 4. The lowest BCUT2D eigenvalue weighted by Gasteiger charge is -2.17. The number of nitrogens with one attached hydrogen (secondary N) is 1. The molecule has 1 amide bonds. The summed E-state index contributed by atoms with van der Waals surface area (Å²) in [5, 5.41) is 3.84. The predicted molar refractivity (Wildman–Crippen MR) is 99.1 cm³/mol. The number of amides is 1. The minimum absolute atomic E-state index is 0.00926. The molecule has 0 unspecified atom stereocenters. The average Bonchev–Trinajstić information content (AvgIpc) is 2.66. The van der Waals surface area contributed by atoms with Gasteiger partial charge in [0, 0.05) is 5.69 Å². The summed E-state index contributed by atoms with van der Waals surface area (Å²) >= 11 is 0. The Labute approximate surface area is 167 Å². The van der Waals surface area contributed by atoms with Crippen molar-refractivity contribution >= 4 is 22.4 Å². The number of fused-ring (bicyclic) bond motifs is 1. The Balaban J connectivity index is 1.80. The highest BCUT2D eigenvalue weighted by Gasteiger charge is 2.37. The van der Waals surface area contributed by atoms with Crippen LogP contribution in [-0.4, -0.2) is 12.0 Å². The van der Waals surface area contributed by atoms with Gasteiger partial charge in [0.15, 0.2) is 6.10 Å². The SMILES string of the molecule is C[C@@H](Oc1ccc2ccccc2c1)C(=O)Nc1cc(C(F)(F)F)cc(C(F)(F)F)c1. The molecule has 1 N–H and O–H groups in total. The van der Waals surface area contributed by atoms with Crippen LogP contribution in [0.1, 0.15) is 18.1 Å². The van der Waals surface area contributed by atoms with Crippen molar-refractivity contribution in [2.75, 3.05) is 5.32 Å². The molecule has 0 fully saturated rings. The van der Waals surface area contributed by atoms with E-state index in [0.29, 0.717) is 17.9 Å². The van der Waals surface area contributed by atoms with Crippen LogP contribution in [0.2, 0.25) is 0 Å². The quantitative estimate of drug-likeness (QED) is 0.498. The molecule has 1 atom stereocenters. The second-order valence-corrected chi connectivity index (χ2v) is 6.55. The number of hydrogen-bond acceptors (Lipinski definition) is 2. The minimum Gasteiger partial charge on any atom is -0.481 e. The van der Waals surface area contributed by atoms with Gasteiger partial charge in [0.05, 0.1) is 11.1 Å². The molecule has 0 spiro atoms. The maximum Gasteiger partial charge on any atom is 0.416 e. The zero-order chi connectivity index (χ0) is 22.1. The molecule has 0 bridgehead atoms. The third-order valence-electron chi connectivity index (χ3n) is 4.26. The van der Waals surface area contributed by atoms with Crippen molar-refractivity contribution in [3.63, 3.8) is 0 Å². The van der Waals surface area contributed by atoms with E-state index in [1.54, 1.807) is 18.2 Å². The number of halogens is 6. The van der Waals surface area contributed by atoms with Gasteiger partial charge in [0.25, 0.3) is 5.91 Å². The van der Waals surface area contributed by atoms with E-state index in [2.05, 4.69) is 5.32 Å². The number of ether oxygens (including phenoxy) is 1. The summed E-state index contributed by atoms with van der Waals surface area (Å²) in [6.07, 6.45) is -11.2. The number of hydrogen-bond donors (Lipinski definition) is 1. The van der Waals surface area contributed by atoms with Gasteiger partial charge in [-0.2, -0.15) is 26.3 Å². The number of carbonyl (C=O) groups excluding carboxylic acids is 1. The second kappa shape index (κ2) is 7.89. The first-order valence-electron chi connectivity index (χ1n) is 8.69. The van der Waals surface area contributed by atoms with Crippen LogP contribution < -0.4 is 10.1 Å². The zero-order valence-electron chi connectivity index (χ0n) is 15.4. The summed E-state index contributed by atoms with van der Waals surface area (Å²) < 4.78 is 83.2. The van der Waals surface area contributed by atoms with E-state index in [9.17, 15) is 31.1 Å². The summed E-state index contributed by atoms with van der Waals surface area (Å²) in [5.74, 6) is -0.563. The molecule has 0 aliphatic rings. The Morgan fingerprint density at radius 3 is 1.97 bits per heavy atom. The summed E-state index contributed by atoms with van der Waals surface area (Å²) in [5.41, 5.74) is -3.66. The first-order valence-corrected chi connectivity index (χ1v) is 8.69. The number of alkyl halides is 6. The van der Waals surface area contributed by atoms with E-state index in [1.165, 1.54) is 6.92 Å².